The summed E-state index contributed by atoms with van der Waals surface area (Å²) in [6.45, 7) is 4.25. The van der Waals surface area contributed by atoms with E-state index in [4.69, 9.17) is 21.1 Å². The zero-order chi connectivity index (χ0) is 15.2. The van der Waals surface area contributed by atoms with Gasteiger partial charge >= 0.3 is 0 Å². The van der Waals surface area contributed by atoms with Crippen LogP contribution in [0.4, 0.5) is 0 Å². The van der Waals surface area contributed by atoms with E-state index in [1.807, 2.05) is 32.0 Å². The van der Waals surface area contributed by atoms with Crippen molar-refractivity contribution in [3.8, 4) is 11.5 Å². The lowest BCUT2D eigenvalue weighted by Gasteiger charge is -2.11. The van der Waals surface area contributed by atoms with Crippen LogP contribution in [0.2, 0.25) is 5.02 Å². The van der Waals surface area contributed by atoms with Gasteiger partial charge in [-0.1, -0.05) is 29.8 Å². The first-order valence-electron chi connectivity index (χ1n) is 6.75. The molecule has 4 heteroatoms. The third-order valence-electron chi connectivity index (χ3n) is 2.93. The quantitative estimate of drug-likeness (QED) is 0.746. The molecular formula is C17H17ClO3. The molecule has 0 atom stereocenters. The van der Waals surface area contributed by atoms with Gasteiger partial charge in [0, 0.05) is 0 Å². The van der Waals surface area contributed by atoms with Gasteiger partial charge in [-0.15, -0.1) is 0 Å². The van der Waals surface area contributed by atoms with Gasteiger partial charge in [0.1, 0.15) is 11.5 Å². The number of carbonyl (C=O) groups is 1. The number of ketones is 1. The zero-order valence-electron chi connectivity index (χ0n) is 12.1. The van der Waals surface area contributed by atoms with Crippen molar-refractivity contribution < 1.29 is 14.3 Å². The molecule has 0 spiro atoms. The molecule has 110 valence electrons. The van der Waals surface area contributed by atoms with E-state index >= 15 is 0 Å². The summed E-state index contributed by atoms with van der Waals surface area (Å²) in [5, 5.41) is 0.492. The van der Waals surface area contributed by atoms with E-state index in [-0.39, 0.29) is 12.4 Å². The molecule has 0 aliphatic carbocycles. The molecule has 2 aromatic carbocycles. The van der Waals surface area contributed by atoms with Crippen LogP contribution >= 0.6 is 11.6 Å². The number of Topliss-reactive ketones (excluding diaryl/α,β-unsaturated/α-hetero) is 1. The topological polar surface area (TPSA) is 35.5 Å². The molecule has 0 bridgehead atoms. The molecule has 2 aromatic rings. The van der Waals surface area contributed by atoms with Crippen molar-refractivity contribution in [2.45, 2.75) is 13.8 Å². The Hall–Kier alpha value is -2.00. The summed E-state index contributed by atoms with van der Waals surface area (Å²) in [7, 11) is 0. The summed E-state index contributed by atoms with van der Waals surface area (Å²) in [6.07, 6.45) is 0. The van der Waals surface area contributed by atoms with Gasteiger partial charge in [-0.05, 0) is 43.7 Å². The lowest BCUT2D eigenvalue weighted by atomic mass is 10.1. The average Bonchev–Trinajstić information content (AvgIpc) is 2.49. The first-order chi connectivity index (χ1) is 10.1. The fourth-order valence-corrected chi connectivity index (χ4v) is 2.09. The Morgan fingerprint density at radius 3 is 2.62 bits per heavy atom. The molecule has 0 unspecified atom stereocenters. The first kappa shape index (κ1) is 15.4. The summed E-state index contributed by atoms with van der Waals surface area (Å²) in [5.74, 6) is 0.944. The lowest BCUT2D eigenvalue weighted by Crippen LogP contribution is -2.13. The number of hydrogen-bond donors (Lipinski definition) is 0. The molecule has 0 aromatic heterocycles. The number of hydrogen-bond acceptors (Lipinski definition) is 3. The molecule has 0 saturated carbocycles. The second-order valence-corrected chi connectivity index (χ2v) is 4.98. The lowest BCUT2D eigenvalue weighted by molar-refractivity contribution is 0.0918. The Bertz CT molecular complexity index is 638. The molecule has 0 radical (unpaired) electrons. The van der Waals surface area contributed by atoms with Crippen LogP contribution in [0.5, 0.6) is 11.5 Å². The monoisotopic (exact) mass is 304 g/mol. The largest absolute Gasteiger partial charge is 0.493 e. The van der Waals surface area contributed by atoms with Crippen molar-refractivity contribution in [3.05, 3.63) is 58.6 Å². The molecule has 21 heavy (non-hydrogen) atoms. The highest BCUT2D eigenvalue weighted by molar-refractivity contribution is 6.32. The van der Waals surface area contributed by atoms with Gasteiger partial charge in [0.05, 0.1) is 17.2 Å². The minimum Gasteiger partial charge on any atom is -0.493 e. The van der Waals surface area contributed by atoms with E-state index in [0.29, 0.717) is 28.7 Å². The van der Waals surface area contributed by atoms with Gasteiger partial charge in [0.25, 0.3) is 0 Å². The second kappa shape index (κ2) is 7.14. The minimum absolute atomic E-state index is 0.0761. The first-order valence-corrected chi connectivity index (χ1v) is 7.13. The Morgan fingerprint density at radius 2 is 1.86 bits per heavy atom. The molecule has 0 aliphatic rings. The minimum atomic E-state index is -0.142. The second-order valence-electron chi connectivity index (χ2n) is 4.57. The van der Waals surface area contributed by atoms with Gasteiger partial charge in [0.2, 0.25) is 5.78 Å². The maximum absolute atomic E-state index is 12.3. The van der Waals surface area contributed by atoms with Crippen molar-refractivity contribution in [2.24, 2.45) is 0 Å². The Morgan fingerprint density at radius 1 is 1.10 bits per heavy atom. The van der Waals surface area contributed by atoms with Crippen molar-refractivity contribution in [1.82, 2.24) is 0 Å². The highest BCUT2D eigenvalue weighted by Crippen LogP contribution is 2.26. The van der Waals surface area contributed by atoms with Gasteiger partial charge in [0.15, 0.2) is 6.61 Å². The molecule has 2 rings (SSSR count). The normalized spacial score (nSPS) is 10.2. The Balaban J connectivity index is 2.10. The van der Waals surface area contributed by atoms with E-state index in [1.165, 1.54) is 0 Å². The van der Waals surface area contributed by atoms with E-state index in [9.17, 15) is 4.79 Å². The van der Waals surface area contributed by atoms with Gasteiger partial charge in [-0.2, -0.15) is 0 Å². The maximum atomic E-state index is 12.3. The fourth-order valence-electron chi connectivity index (χ4n) is 1.92. The van der Waals surface area contributed by atoms with E-state index in [2.05, 4.69) is 0 Å². The fraction of sp³-hybridized carbons (Fsp3) is 0.235. The molecule has 0 N–H and O–H groups in total. The predicted octanol–water partition coefficient (Wildman–Crippen LogP) is 4.31. The summed E-state index contributed by atoms with van der Waals surface area (Å²) >= 11 is 6.05. The highest BCUT2D eigenvalue weighted by atomic mass is 35.5. The number of ether oxygens (including phenoxy) is 2. The van der Waals surface area contributed by atoms with Crippen molar-refractivity contribution in [2.75, 3.05) is 13.2 Å². The van der Waals surface area contributed by atoms with E-state index in [1.54, 1.807) is 24.3 Å². The van der Waals surface area contributed by atoms with E-state index in [0.717, 1.165) is 5.56 Å². The Kier molecular flexibility index (Phi) is 5.23. The van der Waals surface area contributed by atoms with Crippen LogP contribution < -0.4 is 9.47 Å². The molecule has 0 fully saturated rings. The summed E-state index contributed by atoms with van der Waals surface area (Å²) < 4.78 is 11.0. The molecule has 0 aliphatic heterocycles. The van der Waals surface area contributed by atoms with Crippen LogP contribution in [0.15, 0.2) is 42.5 Å². The predicted molar refractivity (Wildman–Crippen MR) is 83.6 cm³/mol. The van der Waals surface area contributed by atoms with Crippen LogP contribution in [-0.4, -0.2) is 19.0 Å². The van der Waals surface area contributed by atoms with Crippen LogP contribution in [0, 0.1) is 6.92 Å². The third-order valence-corrected chi connectivity index (χ3v) is 3.25. The smallest absolute Gasteiger partial charge is 0.203 e. The molecule has 3 nitrogen and oxygen atoms in total. The number of rotatable bonds is 6. The van der Waals surface area contributed by atoms with Crippen molar-refractivity contribution in [1.29, 1.82) is 0 Å². The standard InChI is InChI=1S/C17H17ClO3/c1-3-20-16-7-5-4-6-13(16)15(19)11-21-17-10-12(2)8-9-14(17)18/h4-10H,3,11H2,1-2H3. The zero-order valence-corrected chi connectivity index (χ0v) is 12.8. The van der Waals surface area contributed by atoms with Crippen LogP contribution in [-0.2, 0) is 0 Å². The molecular weight excluding hydrogens is 288 g/mol. The van der Waals surface area contributed by atoms with Crippen LogP contribution in [0.1, 0.15) is 22.8 Å². The molecule has 0 heterocycles. The van der Waals surface area contributed by atoms with Gasteiger partial charge < -0.3 is 9.47 Å². The van der Waals surface area contributed by atoms with Gasteiger partial charge in [-0.25, -0.2) is 0 Å². The highest BCUT2D eigenvalue weighted by Gasteiger charge is 2.13. The number of carbonyl (C=O) groups excluding carboxylic acids is 1. The summed E-state index contributed by atoms with van der Waals surface area (Å²) in [5.41, 5.74) is 1.54. The van der Waals surface area contributed by atoms with Crippen LogP contribution in [0.25, 0.3) is 0 Å². The van der Waals surface area contributed by atoms with Gasteiger partial charge in [-0.3, -0.25) is 4.79 Å². The van der Waals surface area contributed by atoms with Crippen LogP contribution in [0.3, 0.4) is 0 Å². The number of para-hydroxylation sites is 1. The van der Waals surface area contributed by atoms with Crippen molar-refractivity contribution >= 4 is 17.4 Å². The average molecular weight is 305 g/mol. The number of halogens is 1. The SMILES string of the molecule is CCOc1ccccc1C(=O)COc1cc(C)ccc1Cl. The summed E-state index contributed by atoms with van der Waals surface area (Å²) in [6, 6.07) is 12.6. The van der Waals surface area contributed by atoms with E-state index < -0.39 is 0 Å². The molecule has 0 amide bonds. The molecule has 0 saturated heterocycles. The third kappa shape index (κ3) is 3.99. The van der Waals surface area contributed by atoms with Crippen molar-refractivity contribution in [3.63, 3.8) is 0 Å². The Labute approximate surface area is 129 Å². The number of aryl methyl sites for hydroxylation is 1. The number of benzene rings is 2. The maximum Gasteiger partial charge on any atom is 0.203 e. The summed E-state index contributed by atoms with van der Waals surface area (Å²) in [4.78, 5) is 12.3.